The van der Waals surface area contributed by atoms with E-state index in [0.29, 0.717) is 12.4 Å². The Kier molecular flexibility index (Phi) is 4.90. The van der Waals surface area contributed by atoms with E-state index in [-0.39, 0.29) is 23.7 Å². The topological polar surface area (TPSA) is 47.7 Å². The molecule has 1 saturated heterocycles. The molecule has 1 aliphatic heterocycles. The quantitative estimate of drug-likeness (QED) is 0.880. The van der Waals surface area contributed by atoms with E-state index in [0.717, 1.165) is 24.3 Å². The van der Waals surface area contributed by atoms with Crippen LogP contribution < -0.4 is 20.1 Å². The molecule has 5 heteroatoms. The molecular weight excluding hydrogens is 307 g/mol. The predicted molar refractivity (Wildman–Crippen MR) is 93.2 cm³/mol. The minimum absolute atomic E-state index is 0.00875. The standard InChI is InChI=1S/C19H23FN2O2/c1-3-23-16-8-9-19(18(20)10-16)24-17-11-22(12-17)15-6-4-14(5-7-15)13(2)21/h4-10,13,17H,3,11-12,21H2,1-2H3. The molecule has 0 bridgehead atoms. The van der Waals surface area contributed by atoms with Gasteiger partial charge in [0.25, 0.3) is 0 Å². The molecule has 0 radical (unpaired) electrons. The van der Waals surface area contributed by atoms with Crippen molar-refractivity contribution in [3.05, 3.63) is 53.8 Å². The molecule has 2 aromatic carbocycles. The van der Waals surface area contributed by atoms with Crippen LogP contribution in [-0.4, -0.2) is 25.8 Å². The van der Waals surface area contributed by atoms with Crippen LogP contribution in [0.4, 0.5) is 10.1 Å². The van der Waals surface area contributed by atoms with Crippen LogP contribution in [0.15, 0.2) is 42.5 Å². The average molecular weight is 330 g/mol. The Morgan fingerprint density at radius 2 is 1.92 bits per heavy atom. The van der Waals surface area contributed by atoms with Crippen LogP contribution in [0.5, 0.6) is 11.5 Å². The minimum atomic E-state index is -0.388. The van der Waals surface area contributed by atoms with Gasteiger partial charge in [0, 0.05) is 17.8 Å². The Bertz CT molecular complexity index is 682. The van der Waals surface area contributed by atoms with Crippen LogP contribution in [0.2, 0.25) is 0 Å². The van der Waals surface area contributed by atoms with E-state index < -0.39 is 0 Å². The summed E-state index contributed by atoms with van der Waals surface area (Å²) in [4.78, 5) is 2.20. The van der Waals surface area contributed by atoms with Gasteiger partial charge in [0.15, 0.2) is 11.6 Å². The lowest BCUT2D eigenvalue weighted by Gasteiger charge is -2.40. The zero-order valence-electron chi connectivity index (χ0n) is 14.0. The van der Waals surface area contributed by atoms with Gasteiger partial charge in [-0.25, -0.2) is 4.39 Å². The van der Waals surface area contributed by atoms with Crippen molar-refractivity contribution in [2.24, 2.45) is 5.73 Å². The zero-order chi connectivity index (χ0) is 17.1. The van der Waals surface area contributed by atoms with Gasteiger partial charge in [-0.15, -0.1) is 0 Å². The van der Waals surface area contributed by atoms with E-state index in [2.05, 4.69) is 17.0 Å². The second-order valence-corrected chi connectivity index (χ2v) is 6.05. The lowest BCUT2D eigenvalue weighted by Crippen LogP contribution is -2.54. The number of benzene rings is 2. The normalized spacial score (nSPS) is 15.8. The van der Waals surface area contributed by atoms with E-state index in [4.69, 9.17) is 15.2 Å². The highest BCUT2D eigenvalue weighted by atomic mass is 19.1. The molecule has 1 fully saturated rings. The summed E-state index contributed by atoms with van der Waals surface area (Å²) in [6.07, 6.45) is -0.00875. The highest BCUT2D eigenvalue weighted by Crippen LogP contribution is 2.28. The molecule has 4 nitrogen and oxygen atoms in total. The maximum absolute atomic E-state index is 14.0. The summed E-state index contributed by atoms with van der Waals surface area (Å²) < 4.78 is 25.0. The molecule has 0 aliphatic carbocycles. The Balaban J connectivity index is 1.55. The number of nitrogens with zero attached hydrogens (tertiary/aromatic N) is 1. The van der Waals surface area contributed by atoms with Crippen molar-refractivity contribution in [3.63, 3.8) is 0 Å². The van der Waals surface area contributed by atoms with Crippen molar-refractivity contribution >= 4 is 5.69 Å². The average Bonchev–Trinajstić information content (AvgIpc) is 2.52. The van der Waals surface area contributed by atoms with Crippen LogP contribution in [0, 0.1) is 5.82 Å². The third-order valence-electron chi connectivity index (χ3n) is 4.14. The first-order chi connectivity index (χ1) is 11.6. The van der Waals surface area contributed by atoms with Gasteiger partial charge in [0.05, 0.1) is 19.7 Å². The molecule has 1 aliphatic rings. The SMILES string of the molecule is CCOc1ccc(OC2CN(c3ccc(C(C)N)cc3)C2)c(F)c1. The maximum atomic E-state index is 14.0. The molecule has 0 amide bonds. The minimum Gasteiger partial charge on any atom is -0.494 e. The fourth-order valence-corrected chi connectivity index (χ4v) is 2.73. The molecule has 1 heterocycles. The van der Waals surface area contributed by atoms with Crippen molar-refractivity contribution in [2.75, 3.05) is 24.6 Å². The van der Waals surface area contributed by atoms with Gasteiger partial charge in [-0.1, -0.05) is 12.1 Å². The molecule has 24 heavy (non-hydrogen) atoms. The number of hydrogen-bond donors (Lipinski definition) is 1. The Morgan fingerprint density at radius 3 is 2.50 bits per heavy atom. The molecule has 0 aromatic heterocycles. The van der Waals surface area contributed by atoms with Crippen molar-refractivity contribution in [2.45, 2.75) is 26.0 Å². The highest BCUT2D eigenvalue weighted by Gasteiger charge is 2.29. The maximum Gasteiger partial charge on any atom is 0.168 e. The van der Waals surface area contributed by atoms with Crippen LogP contribution in [0.1, 0.15) is 25.5 Å². The van der Waals surface area contributed by atoms with E-state index in [1.807, 2.05) is 26.0 Å². The first-order valence-electron chi connectivity index (χ1n) is 8.26. The lowest BCUT2D eigenvalue weighted by atomic mass is 10.1. The summed E-state index contributed by atoms with van der Waals surface area (Å²) in [6, 6.07) is 13.0. The summed E-state index contributed by atoms with van der Waals surface area (Å²) in [7, 11) is 0. The monoisotopic (exact) mass is 330 g/mol. The van der Waals surface area contributed by atoms with Gasteiger partial charge >= 0.3 is 0 Å². The zero-order valence-corrected chi connectivity index (χ0v) is 14.0. The molecular formula is C19H23FN2O2. The summed E-state index contributed by atoms with van der Waals surface area (Å²) in [6.45, 7) is 5.83. The molecule has 0 saturated carbocycles. The van der Waals surface area contributed by atoms with Crippen LogP contribution in [-0.2, 0) is 0 Å². The molecule has 128 valence electrons. The number of rotatable bonds is 6. The second kappa shape index (κ2) is 7.09. The molecule has 2 N–H and O–H groups in total. The van der Waals surface area contributed by atoms with Gasteiger partial charge in [-0.2, -0.15) is 0 Å². The molecule has 1 atom stereocenters. The molecule has 1 unspecified atom stereocenters. The lowest BCUT2D eigenvalue weighted by molar-refractivity contribution is 0.160. The van der Waals surface area contributed by atoms with Crippen molar-refractivity contribution < 1.29 is 13.9 Å². The first-order valence-corrected chi connectivity index (χ1v) is 8.26. The van der Waals surface area contributed by atoms with Crippen molar-refractivity contribution in [1.82, 2.24) is 0 Å². The fourth-order valence-electron chi connectivity index (χ4n) is 2.73. The number of anilines is 1. The number of nitrogens with two attached hydrogens (primary N) is 1. The van der Waals surface area contributed by atoms with E-state index >= 15 is 0 Å². The van der Waals surface area contributed by atoms with E-state index in [1.165, 1.54) is 6.07 Å². The summed E-state index contributed by atoms with van der Waals surface area (Å²) in [5, 5.41) is 0. The van der Waals surface area contributed by atoms with Crippen LogP contribution in [0.3, 0.4) is 0 Å². The predicted octanol–water partition coefficient (Wildman–Crippen LogP) is 3.51. The molecule has 2 aromatic rings. The second-order valence-electron chi connectivity index (χ2n) is 6.05. The highest BCUT2D eigenvalue weighted by molar-refractivity contribution is 5.50. The van der Waals surface area contributed by atoms with Gasteiger partial charge < -0.3 is 20.1 Å². The first kappa shape index (κ1) is 16.6. The molecule has 3 rings (SSSR count). The van der Waals surface area contributed by atoms with Gasteiger partial charge in [0.2, 0.25) is 0 Å². The van der Waals surface area contributed by atoms with Crippen molar-refractivity contribution in [1.29, 1.82) is 0 Å². The van der Waals surface area contributed by atoms with Gasteiger partial charge in [0.1, 0.15) is 11.9 Å². The molecule has 0 spiro atoms. The Labute approximate surface area is 142 Å². The number of hydrogen-bond acceptors (Lipinski definition) is 4. The summed E-state index contributed by atoms with van der Waals surface area (Å²) in [5.74, 6) is 0.405. The number of halogens is 1. The van der Waals surface area contributed by atoms with Gasteiger partial charge in [-0.3, -0.25) is 0 Å². The van der Waals surface area contributed by atoms with Gasteiger partial charge in [-0.05, 0) is 43.7 Å². The number of ether oxygens (including phenoxy) is 2. The van der Waals surface area contributed by atoms with E-state index in [9.17, 15) is 4.39 Å². The smallest absolute Gasteiger partial charge is 0.168 e. The van der Waals surface area contributed by atoms with Crippen LogP contribution >= 0.6 is 0 Å². The Morgan fingerprint density at radius 1 is 1.21 bits per heavy atom. The largest absolute Gasteiger partial charge is 0.494 e. The van der Waals surface area contributed by atoms with E-state index in [1.54, 1.807) is 12.1 Å². The summed E-state index contributed by atoms with van der Waals surface area (Å²) in [5.41, 5.74) is 8.11. The van der Waals surface area contributed by atoms with Crippen molar-refractivity contribution in [3.8, 4) is 11.5 Å². The summed E-state index contributed by atoms with van der Waals surface area (Å²) >= 11 is 0. The fraction of sp³-hybridized carbons (Fsp3) is 0.368. The third kappa shape index (κ3) is 3.62. The third-order valence-corrected chi connectivity index (χ3v) is 4.14. The van der Waals surface area contributed by atoms with Crippen LogP contribution in [0.25, 0.3) is 0 Å². The Hall–Kier alpha value is -2.27.